The first kappa shape index (κ1) is 15.8. The Balaban J connectivity index is 2.26. The van der Waals surface area contributed by atoms with E-state index < -0.39 is 17.6 Å². The van der Waals surface area contributed by atoms with Gasteiger partial charge in [-0.15, -0.1) is 0 Å². The van der Waals surface area contributed by atoms with Crippen LogP contribution in [0.15, 0.2) is 46.4 Å². The maximum absolute atomic E-state index is 12.5. The molecule has 1 aromatic heterocycles. The molecule has 124 valence electrons. The number of nitrogens with zero attached hydrogens (tertiary/aromatic N) is 1. The molecule has 0 bridgehead atoms. The van der Waals surface area contributed by atoms with Gasteiger partial charge in [0.2, 0.25) is 0 Å². The second-order valence-electron chi connectivity index (χ2n) is 5.45. The molecular formula is C17H18N4O3. The number of anilines is 2. The summed E-state index contributed by atoms with van der Waals surface area (Å²) in [4.78, 5) is 30.6. The molecule has 1 atom stereocenters. The number of aromatic amines is 1. The molecule has 1 aliphatic rings. The number of rotatable bonds is 3. The Kier molecular flexibility index (Phi) is 4.07. The Morgan fingerprint density at radius 1 is 1.33 bits per heavy atom. The molecule has 3 rings (SSSR count). The van der Waals surface area contributed by atoms with Gasteiger partial charge < -0.3 is 15.8 Å². The Hall–Kier alpha value is -3.09. The Labute approximate surface area is 138 Å². The van der Waals surface area contributed by atoms with Gasteiger partial charge in [-0.3, -0.25) is 4.98 Å². The van der Waals surface area contributed by atoms with E-state index in [2.05, 4.69) is 15.3 Å². The lowest BCUT2D eigenvalue weighted by Crippen LogP contribution is -2.29. The number of carbonyl (C=O) groups excluding carboxylic acids is 1. The zero-order valence-corrected chi connectivity index (χ0v) is 13.4. The number of allylic oxidation sites excluding steroid dienone is 1. The maximum Gasteiger partial charge on any atom is 0.348 e. The van der Waals surface area contributed by atoms with Crippen molar-refractivity contribution >= 4 is 17.6 Å². The van der Waals surface area contributed by atoms with Crippen molar-refractivity contribution in [3.63, 3.8) is 0 Å². The summed E-state index contributed by atoms with van der Waals surface area (Å²) in [5, 5.41) is 3.00. The minimum absolute atomic E-state index is 0.181. The third-order valence-corrected chi connectivity index (χ3v) is 3.92. The van der Waals surface area contributed by atoms with Crippen LogP contribution < -0.4 is 16.7 Å². The summed E-state index contributed by atoms with van der Waals surface area (Å²) in [6.07, 6.45) is 0. The maximum atomic E-state index is 12.5. The minimum Gasteiger partial charge on any atom is -0.463 e. The van der Waals surface area contributed by atoms with Crippen molar-refractivity contribution in [2.24, 2.45) is 0 Å². The molecule has 1 aliphatic heterocycles. The molecule has 0 radical (unpaired) electrons. The summed E-state index contributed by atoms with van der Waals surface area (Å²) < 4.78 is 5.21. The fourth-order valence-corrected chi connectivity index (χ4v) is 2.95. The van der Waals surface area contributed by atoms with Crippen molar-refractivity contribution < 1.29 is 9.53 Å². The Bertz CT molecular complexity index is 871. The summed E-state index contributed by atoms with van der Waals surface area (Å²) in [7, 11) is 0. The van der Waals surface area contributed by atoms with E-state index in [-0.39, 0.29) is 12.4 Å². The molecule has 0 amide bonds. The molecule has 24 heavy (non-hydrogen) atoms. The van der Waals surface area contributed by atoms with Gasteiger partial charge in [-0.25, -0.2) is 9.59 Å². The standard InChI is InChI=1S/C17H18N4O3/c1-3-24-16(22)11-9(2)19-15-13(14(18)20-17(23)21-15)12(11)10-7-5-4-6-8-10/h4-8,12H,3H2,1-2H3,(H4,18,19,20,21,23). The number of hydrogen-bond acceptors (Lipinski definition) is 6. The van der Waals surface area contributed by atoms with Crippen molar-refractivity contribution in [1.29, 1.82) is 0 Å². The number of carbonyl (C=O) groups is 1. The van der Waals surface area contributed by atoms with Crippen LogP contribution in [0.3, 0.4) is 0 Å². The highest BCUT2D eigenvalue weighted by Crippen LogP contribution is 2.42. The number of H-pyrrole nitrogens is 1. The average molecular weight is 326 g/mol. The molecule has 4 N–H and O–H groups in total. The smallest absolute Gasteiger partial charge is 0.348 e. The minimum atomic E-state index is -0.544. The highest BCUT2D eigenvalue weighted by molar-refractivity contribution is 5.95. The molecule has 7 nitrogen and oxygen atoms in total. The molecule has 0 fully saturated rings. The van der Waals surface area contributed by atoms with Crippen LogP contribution in [0.4, 0.5) is 11.6 Å². The number of nitrogen functional groups attached to an aromatic ring is 1. The van der Waals surface area contributed by atoms with Gasteiger partial charge in [-0.1, -0.05) is 30.3 Å². The number of ether oxygens (including phenoxy) is 1. The predicted octanol–water partition coefficient (Wildman–Crippen LogP) is 1.75. The summed E-state index contributed by atoms with van der Waals surface area (Å²) in [6, 6.07) is 9.45. The molecule has 1 aromatic carbocycles. The lowest BCUT2D eigenvalue weighted by Gasteiger charge is -2.29. The molecule has 0 saturated heterocycles. The largest absolute Gasteiger partial charge is 0.463 e. The Morgan fingerprint density at radius 2 is 2.04 bits per heavy atom. The molecule has 1 unspecified atom stereocenters. The molecule has 0 aliphatic carbocycles. The first-order chi connectivity index (χ1) is 11.5. The molecule has 7 heteroatoms. The van der Waals surface area contributed by atoms with E-state index in [9.17, 15) is 9.59 Å². The normalized spacial score (nSPS) is 16.3. The van der Waals surface area contributed by atoms with Crippen molar-refractivity contribution in [1.82, 2.24) is 9.97 Å². The van der Waals surface area contributed by atoms with Crippen LogP contribution in [-0.4, -0.2) is 22.5 Å². The third-order valence-electron chi connectivity index (χ3n) is 3.92. The lowest BCUT2D eigenvalue weighted by atomic mass is 9.82. The monoisotopic (exact) mass is 326 g/mol. The number of fused-ring (bicyclic) bond motifs is 1. The Morgan fingerprint density at radius 3 is 2.71 bits per heavy atom. The van der Waals surface area contributed by atoms with E-state index in [1.807, 2.05) is 30.3 Å². The zero-order chi connectivity index (χ0) is 17.3. The molecule has 2 aromatic rings. The van der Waals surface area contributed by atoms with Gasteiger partial charge in [0.15, 0.2) is 0 Å². The molecule has 0 spiro atoms. The second kappa shape index (κ2) is 6.19. The van der Waals surface area contributed by atoms with Gasteiger partial charge in [-0.05, 0) is 19.4 Å². The van der Waals surface area contributed by atoms with E-state index in [0.29, 0.717) is 22.7 Å². The summed E-state index contributed by atoms with van der Waals surface area (Å²) in [6.45, 7) is 3.77. The van der Waals surface area contributed by atoms with Gasteiger partial charge in [0, 0.05) is 11.3 Å². The van der Waals surface area contributed by atoms with Crippen LogP contribution in [0.1, 0.15) is 30.9 Å². The summed E-state index contributed by atoms with van der Waals surface area (Å²) >= 11 is 0. The fraction of sp³-hybridized carbons (Fsp3) is 0.235. The van der Waals surface area contributed by atoms with Gasteiger partial charge in [0.25, 0.3) is 0 Å². The number of benzene rings is 1. The number of hydrogen-bond donors (Lipinski definition) is 3. The van der Waals surface area contributed by atoms with E-state index in [4.69, 9.17) is 10.5 Å². The highest BCUT2D eigenvalue weighted by Gasteiger charge is 2.35. The van der Waals surface area contributed by atoms with E-state index in [1.54, 1.807) is 13.8 Å². The van der Waals surface area contributed by atoms with Crippen LogP contribution in [0.2, 0.25) is 0 Å². The number of aromatic nitrogens is 2. The predicted molar refractivity (Wildman–Crippen MR) is 90.5 cm³/mol. The van der Waals surface area contributed by atoms with E-state index >= 15 is 0 Å². The highest BCUT2D eigenvalue weighted by atomic mass is 16.5. The van der Waals surface area contributed by atoms with Gasteiger partial charge in [0.1, 0.15) is 11.6 Å². The zero-order valence-electron chi connectivity index (χ0n) is 13.4. The van der Waals surface area contributed by atoms with Gasteiger partial charge in [-0.2, -0.15) is 4.98 Å². The van der Waals surface area contributed by atoms with Crippen molar-refractivity contribution in [2.45, 2.75) is 19.8 Å². The summed E-state index contributed by atoms with van der Waals surface area (Å²) in [5.41, 5.74) is 7.97. The van der Waals surface area contributed by atoms with Crippen molar-refractivity contribution in [2.75, 3.05) is 17.7 Å². The lowest BCUT2D eigenvalue weighted by molar-refractivity contribution is -0.138. The topological polar surface area (TPSA) is 110 Å². The van der Waals surface area contributed by atoms with Crippen LogP contribution in [0.25, 0.3) is 0 Å². The molecule has 2 heterocycles. The SMILES string of the molecule is CCOC(=O)C1=C(C)Nc2nc(=O)[nH]c(N)c2C1c1ccccc1. The number of nitrogens with one attached hydrogen (secondary N) is 2. The molecular weight excluding hydrogens is 308 g/mol. The van der Waals surface area contributed by atoms with E-state index in [0.717, 1.165) is 5.56 Å². The summed E-state index contributed by atoms with van der Waals surface area (Å²) in [5.74, 6) is -0.352. The van der Waals surface area contributed by atoms with E-state index in [1.165, 1.54) is 0 Å². The van der Waals surface area contributed by atoms with Crippen molar-refractivity contribution in [3.8, 4) is 0 Å². The van der Waals surface area contributed by atoms with Crippen molar-refractivity contribution in [3.05, 3.63) is 63.2 Å². The first-order valence-electron chi connectivity index (χ1n) is 7.62. The van der Waals surface area contributed by atoms with Gasteiger partial charge in [0.05, 0.1) is 18.1 Å². The number of nitrogens with two attached hydrogens (primary N) is 1. The van der Waals surface area contributed by atoms with Crippen LogP contribution >= 0.6 is 0 Å². The molecule has 0 saturated carbocycles. The van der Waals surface area contributed by atoms with Crippen LogP contribution in [0, 0.1) is 0 Å². The quantitative estimate of drug-likeness (QED) is 0.741. The third kappa shape index (κ3) is 2.64. The van der Waals surface area contributed by atoms with Crippen LogP contribution in [0.5, 0.6) is 0 Å². The second-order valence-corrected chi connectivity index (χ2v) is 5.45. The number of esters is 1. The van der Waals surface area contributed by atoms with Crippen LogP contribution in [-0.2, 0) is 9.53 Å². The van der Waals surface area contributed by atoms with Gasteiger partial charge >= 0.3 is 11.7 Å². The fourth-order valence-electron chi connectivity index (χ4n) is 2.95. The first-order valence-corrected chi connectivity index (χ1v) is 7.62. The average Bonchev–Trinajstić information content (AvgIpc) is 2.54.